The molecule has 0 bridgehead atoms. The predicted molar refractivity (Wildman–Crippen MR) is 101 cm³/mol. The molecule has 0 spiro atoms. The fourth-order valence-corrected chi connectivity index (χ4v) is 2.69. The van der Waals surface area contributed by atoms with Gasteiger partial charge < -0.3 is 0 Å². The van der Waals surface area contributed by atoms with Gasteiger partial charge in [0.05, 0.1) is 0 Å². The number of unbranched alkanes of at least 4 members (excludes halogenated alkanes) is 3. The van der Waals surface area contributed by atoms with Crippen LogP contribution in [0, 0.1) is 11.8 Å². The molecule has 0 aliphatic heterocycles. The molecule has 0 N–H and O–H groups in total. The van der Waals surface area contributed by atoms with E-state index in [0.29, 0.717) is 0 Å². The van der Waals surface area contributed by atoms with E-state index in [1.807, 2.05) is 6.08 Å². The van der Waals surface area contributed by atoms with Crippen LogP contribution in [0.1, 0.15) is 98.8 Å². The summed E-state index contributed by atoms with van der Waals surface area (Å²) in [6.07, 6.45) is 19.6. The van der Waals surface area contributed by atoms with Crippen LogP contribution >= 0.6 is 0 Å². The molecule has 126 valence electrons. The van der Waals surface area contributed by atoms with Gasteiger partial charge in [0.1, 0.15) is 0 Å². The normalized spacial score (nSPS) is 13.6. The molecule has 0 aromatic rings. The molecule has 0 nitrogen and oxygen atoms in total. The Labute approximate surface area is 136 Å². The second kappa shape index (κ2) is 19.5. The summed E-state index contributed by atoms with van der Waals surface area (Å²) in [5, 5.41) is 0. The number of hydrogen-bond acceptors (Lipinski definition) is 0. The first-order valence-electron chi connectivity index (χ1n) is 9.38. The fraction of sp³-hybridized carbons (Fsp3) is 0.810. The van der Waals surface area contributed by atoms with Gasteiger partial charge in [0, 0.05) is 0 Å². The zero-order valence-corrected chi connectivity index (χ0v) is 15.7. The third kappa shape index (κ3) is 21.9. The Morgan fingerprint density at radius 2 is 1.48 bits per heavy atom. The molecular weight excluding hydrogens is 252 g/mol. The smallest absolute Gasteiger partial charge is 0.0172 e. The summed E-state index contributed by atoms with van der Waals surface area (Å²) in [7, 11) is 0. The van der Waals surface area contributed by atoms with Crippen LogP contribution in [0.15, 0.2) is 24.8 Å². The zero-order valence-electron chi connectivity index (χ0n) is 15.7. The van der Waals surface area contributed by atoms with E-state index in [9.17, 15) is 0 Å². The third-order valence-electron chi connectivity index (χ3n) is 3.84. The lowest BCUT2D eigenvalue weighted by molar-refractivity contribution is 0.365. The van der Waals surface area contributed by atoms with Crippen molar-refractivity contribution in [3.8, 4) is 0 Å². The van der Waals surface area contributed by atoms with E-state index >= 15 is 0 Å². The quantitative estimate of drug-likeness (QED) is 0.253. The summed E-state index contributed by atoms with van der Waals surface area (Å²) >= 11 is 0. The van der Waals surface area contributed by atoms with Crippen molar-refractivity contribution in [2.45, 2.75) is 98.8 Å². The van der Waals surface area contributed by atoms with Crippen LogP contribution in [0.4, 0.5) is 0 Å². The summed E-state index contributed by atoms with van der Waals surface area (Å²) in [5.41, 5.74) is 0. The van der Waals surface area contributed by atoms with Crippen molar-refractivity contribution >= 4 is 0 Å². The average molecular weight is 295 g/mol. The highest BCUT2D eigenvalue weighted by atomic mass is 14.1. The van der Waals surface area contributed by atoms with Crippen molar-refractivity contribution in [2.75, 3.05) is 0 Å². The van der Waals surface area contributed by atoms with Gasteiger partial charge in [0.2, 0.25) is 0 Å². The Hall–Kier alpha value is -0.520. The summed E-state index contributed by atoms with van der Waals surface area (Å²) < 4.78 is 0. The van der Waals surface area contributed by atoms with Crippen LogP contribution in [0.3, 0.4) is 0 Å². The van der Waals surface area contributed by atoms with Crippen molar-refractivity contribution in [1.82, 2.24) is 0 Å². The van der Waals surface area contributed by atoms with E-state index in [-0.39, 0.29) is 0 Å². The molecule has 0 fully saturated rings. The van der Waals surface area contributed by atoms with Gasteiger partial charge in [-0.25, -0.2) is 0 Å². The maximum absolute atomic E-state index is 3.58. The molecule has 0 heterocycles. The first kappa shape index (κ1) is 22.8. The highest BCUT2D eigenvalue weighted by Gasteiger charge is 2.07. The van der Waals surface area contributed by atoms with Crippen molar-refractivity contribution < 1.29 is 0 Å². The van der Waals surface area contributed by atoms with Crippen molar-refractivity contribution in [3.05, 3.63) is 24.8 Å². The molecule has 0 rings (SSSR count). The van der Waals surface area contributed by atoms with Gasteiger partial charge in [-0.3, -0.25) is 0 Å². The zero-order chi connectivity index (χ0) is 16.3. The Morgan fingerprint density at radius 1 is 0.810 bits per heavy atom. The van der Waals surface area contributed by atoms with Gasteiger partial charge >= 0.3 is 0 Å². The van der Waals surface area contributed by atoms with Crippen molar-refractivity contribution in [1.29, 1.82) is 0 Å². The van der Waals surface area contributed by atoms with E-state index in [0.717, 1.165) is 24.7 Å². The van der Waals surface area contributed by atoms with Crippen LogP contribution in [-0.2, 0) is 0 Å². The topological polar surface area (TPSA) is 0 Å². The van der Waals surface area contributed by atoms with E-state index in [4.69, 9.17) is 0 Å². The minimum absolute atomic E-state index is 0.946. The Morgan fingerprint density at radius 3 is 2.00 bits per heavy atom. The molecule has 0 heteroatoms. The van der Waals surface area contributed by atoms with E-state index < -0.39 is 0 Å². The van der Waals surface area contributed by atoms with Crippen LogP contribution in [0.5, 0.6) is 0 Å². The standard InChI is InChI=1S/C14H30.C7H12/c1-5-7-8-9-11-14(4)12-13(3)10-6-2;1-3-5-7-6-4-2/h13-14H,5-12H2,1-4H3;3,6-7H,1,4-5H2,2H3/b;7-6+. The van der Waals surface area contributed by atoms with Crippen LogP contribution < -0.4 is 0 Å². The Kier molecular flexibility index (Phi) is 21.1. The largest absolute Gasteiger partial charge is 0.103 e. The van der Waals surface area contributed by atoms with Crippen LogP contribution in [-0.4, -0.2) is 0 Å². The molecule has 0 aromatic heterocycles. The average Bonchev–Trinajstić information content (AvgIpc) is 2.45. The Bertz CT molecular complexity index is 214. The first-order valence-corrected chi connectivity index (χ1v) is 9.38. The fourth-order valence-electron chi connectivity index (χ4n) is 2.69. The van der Waals surface area contributed by atoms with E-state index in [1.165, 1.54) is 51.4 Å². The molecule has 0 saturated heterocycles. The maximum Gasteiger partial charge on any atom is -0.0172 e. The molecule has 2 atom stereocenters. The van der Waals surface area contributed by atoms with Gasteiger partial charge in [-0.2, -0.15) is 0 Å². The van der Waals surface area contributed by atoms with E-state index in [1.54, 1.807) is 0 Å². The Balaban J connectivity index is 0. The van der Waals surface area contributed by atoms with Gasteiger partial charge in [0.15, 0.2) is 0 Å². The molecule has 0 saturated carbocycles. The highest BCUT2D eigenvalue weighted by molar-refractivity contribution is 4.87. The van der Waals surface area contributed by atoms with Gasteiger partial charge in [-0.1, -0.05) is 97.8 Å². The third-order valence-corrected chi connectivity index (χ3v) is 3.84. The summed E-state index contributed by atoms with van der Waals surface area (Å²) in [6, 6.07) is 0. The molecule has 0 radical (unpaired) electrons. The monoisotopic (exact) mass is 294 g/mol. The molecule has 0 aromatic carbocycles. The molecule has 0 amide bonds. The minimum Gasteiger partial charge on any atom is -0.103 e. The number of rotatable bonds is 12. The summed E-state index contributed by atoms with van der Waals surface area (Å²) in [6.45, 7) is 15.1. The maximum atomic E-state index is 3.58. The molecule has 0 aliphatic carbocycles. The lowest BCUT2D eigenvalue weighted by Crippen LogP contribution is -2.03. The van der Waals surface area contributed by atoms with Crippen LogP contribution in [0.2, 0.25) is 0 Å². The SMILES string of the molecule is C=CC/C=C/CC.CCCCCCC(C)CC(C)CCC. The molecule has 2 unspecified atom stereocenters. The summed E-state index contributed by atoms with van der Waals surface area (Å²) in [4.78, 5) is 0. The lowest BCUT2D eigenvalue weighted by Gasteiger charge is -2.16. The number of allylic oxidation sites excluding steroid dienone is 3. The first-order chi connectivity index (χ1) is 10.1. The lowest BCUT2D eigenvalue weighted by atomic mass is 9.90. The van der Waals surface area contributed by atoms with Crippen molar-refractivity contribution in [2.24, 2.45) is 11.8 Å². The van der Waals surface area contributed by atoms with Gasteiger partial charge in [0.25, 0.3) is 0 Å². The predicted octanol–water partition coefficient (Wildman–Crippen LogP) is 7.95. The minimum atomic E-state index is 0.946. The van der Waals surface area contributed by atoms with Crippen LogP contribution in [0.25, 0.3) is 0 Å². The van der Waals surface area contributed by atoms with Gasteiger partial charge in [-0.15, -0.1) is 6.58 Å². The number of hydrogen-bond donors (Lipinski definition) is 0. The molecule has 21 heavy (non-hydrogen) atoms. The molecule has 0 aliphatic rings. The van der Waals surface area contributed by atoms with Crippen molar-refractivity contribution in [3.63, 3.8) is 0 Å². The van der Waals surface area contributed by atoms with Gasteiger partial charge in [-0.05, 0) is 31.1 Å². The van der Waals surface area contributed by atoms with E-state index in [2.05, 4.69) is 53.3 Å². The summed E-state index contributed by atoms with van der Waals surface area (Å²) in [5.74, 6) is 1.90. The second-order valence-corrected chi connectivity index (χ2v) is 6.49. The highest BCUT2D eigenvalue weighted by Crippen LogP contribution is 2.21. The second-order valence-electron chi connectivity index (χ2n) is 6.49. The molecular formula is C21H42.